The van der Waals surface area contributed by atoms with E-state index in [4.69, 9.17) is 11.5 Å². The van der Waals surface area contributed by atoms with Gasteiger partial charge in [-0.1, -0.05) is 29.8 Å². The first-order valence-corrected chi connectivity index (χ1v) is 3.76. The summed E-state index contributed by atoms with van der Waals surface area (Å²) in [5.74, 6) is 0. The quantitative estimate of drug-likeness (QED) is 0.659. The van der Waals surface area contributed by atoms with Crippen LogP contribution in [-0.2, 0) is 0 Å². The Morgan fingerprint density at radius 2 is 1.82 bits per heavy atom. The van der Waals surface area contributed by atoms with Gasteiger partial charge in [-0.05, 0) is 12.5 Å². The second-order valence-electron chi connectivity index (χ2n) is 2.75. The van der Waals surface area contributed by atoms with Crippen molar-refractivity contribution in [2.45, 2.75) is 13.0 Å². The van der Waals surface area contributed by atoms with E-state index in [1.165, 1.54) is 5.56 Å². The number of benzene rings is 1. The third-order valence-corrected chi connectivity index (χ3v) is 1.76. The molecule has 0 heterocycles. The predicted octanol–water partition coefficient (Wildman–Crippen LogP) is 0.954. The number of hydrogen-bond acceptors (Lipinski definition) is 2. The first kappa shape index (κ1) is 8.24. The summed E-state index contributed by atoms with van der Waals surface area (Å²) in [5, 5.41) is 0. The van der Waals surface area contributed by atoms with E-state index in [-0.39, 0.29) is 6.04 Å². The number of nitrogens with two attached hydrogens (primary N) is 2. The largest absolute Gasteiger partial charge is 0.329 e. The molecule has 0 fully saturated rings. The normalized spacial score (nSPS) is 13.0. The van der Waals surface area contributed by atoms with Crippen molar-refractivity contribution < 1.29 is 0 Å². The Bertz CT molecular complexity index is 216. The molecule has 0 saturated heterocycles. The molecule has 2 heteroatoms. The Hall–Kier alpha value is -0.860. The van der Waals surface area contributed by atoms with Crippen LogP contribution in [0.1, 0.15) is 17.2 Å². The summed E-state index contributed by atoms with van der Waals surface area (Å²) in [5.41, 5.74) is 13.5. The second-order valence-corrected chi connectivity index (χ2v) is 2.75. The minimum Gasteiger partial charge on any atom is -0.329 e. The lowest BCUT2D eigenvalue weighted by molar-refractivity contribution is 0.737. The number of rotatable bonds is 2. The molecule has 0 aliphatic rings. The molecule has 0 aromatic heterocycles. The maximum atomic E-state index is 5.72. The molecule has 1 unspecified atom stereocenters. The van der Waals surface area contributed by atoms with Crippen molar-refractivity contribution in [3.8, 4) is 0 Å². The Morgan fingerprint density at radius 3 is 2.27 bits per heavy atom. The molecule has 1 aromatic carbocycles. The van der Waals surface area contributed by atoms with E-state index in [0.29, 0.717) is 6.54 Å². The summed E-state index contributed by atoms with van der Waals surface area (Å²) in [6.45, 7) is 2.56. The van der Waals surface area contributed by atoms with Crippen LogP contribution in [0.4, 0.5) is 0 Å². The van der Waals surface area contributed by atoms with E-state index >= 15 is 0 Å². The molecular formula is C9H14N2. The average molecular weight is 150 g/mol. The Kier molecular flexibility index (Phi) is 2.63. The molecule has 4 N–H and O–H groups in total. The van der Waals surface area contributed by atoms with Gasteiger partial charge in [-0.25, -0.2) is 0 Å². The molecular weight excluding hydrogens is 136 g/mol. The maximum Gasteiger partial charge on any atom is 0.0419 e. The van der Waals surface area contributed by atoms with Crippen molar-refractivity contribution in [1.29, 1.82) is 0 Å². The van der Waals surface area contributed by atoms with Crippen molar-refractivity contribution in [3.63, 3.8) is 0 Å². The fourth-order valence-electron chi connectivity index (χ4n) is 0.950. The highest BCUT2D eigenvalue weighted by Crippen LogP contribution is 2.09. The Balaban J connectivity index is 2.81. The van der Waals surface area contributed by atoms with Gasteiger partial charge in [0.15, 0.2) is 0 Å². The molecule has 0 amide bonds. The minimum absolute atomic E-state index is 0.0180. The van der Waals surface area contributed by atoms with Crippen LogP contribution < -0.4 is 11.5 Å². The van der Waals surface area contributed by atoms with E-state index in [1.807, 2.05) is 24.3 Å². The van der Waals surface area contributed by atoms with Crippen LogP contribution in [0.5, 0.6) is 0 Å². The van der Waals surface area contributed by atoms with Crippen molar-refractivity contribution >= 4 is 0 Å². The smallest absolute Gasteiger partial charge is 0.0419 e. The van der Waals surface area contributed by atoms with Gasteiger partial charge in [-0.3, -0.25) is 0 Å². The summed E-state index contributed by atoms with van der Waals surface area (Å²) in [4.78, 5) is 0. The van der Waals surface area contributed by atoms with Crippen LogP contribution in [0.3, 0.4) is 0 Å². The highest BCUT2D eigenvalue weighted by molar-refractivity contribution is 5.23. The predicted molar refractivity (Wildman–Crippen MR) is 47.2 cm³/mol. The summed E-state index contributed by atoms with van der Waals surface area (Å²) in [6.07, 6.45) is 0. The molecule has 60 valence electrons. The van der Waals surface area contributed by atoms with Crippen LogP contribution in [-0.4, -0.2) is 6.54 Å². The Labute approximate surface area is 67.2 Å². The van der Waals surface area contributed by atoms with Gasteiger partial charge in [0.05, 0.1) is 0 Å². The molecule has 0 radical (unpaired) electrons. The molecule has 1 atom stereocenters. The van der Waals surface area contributed by atoms with Crippen LogP contribution in [0, 0.1) is 6.92 Å². The lowest BCUT2D eigenvalue weighted by Gasteiger charge is -2.08. The van der Waals surface area contributed by atoms with Crippen molar-refractivity contribution in [3.05, 3.63) is 35.4 Å². The van der Waals surface area contributed by atoms with E-state index in [0.717, 1.165) is 5.56 Å². The minimum atomic E-state index is -0.0180. The molecule has 11 heavy (non-hydrogen) atoms. The zero-order chi connectivity index (χ0) is 8.27. The van der Waals surface area contributed by atoms with Gasteiger partial charge in [0.1, 0.15) is 0 Å². The Morgan fingerprint density at radius 1 is 1.27 bits per heavy atom. The summed E-state index contributed by atoms with van der Waals surface area (Å²) >= 11 is 0. The first-order valence-electron chi connectivity index (χ1n) is 3.76. The highest BCUT2D eigenvalue weighted by atomic mass is 14.7. The molecule has 0 spiro atoms. The van der Waals surface area contributed by atoms with Gasteiger partial charge in [0, 0.05) is 12.6 Å². The van der Waals surface area contributed by atoms with Crippen LogP contribution in [0.2, 0.25) is 0 Å². The van der Waals surface area contributed by atoms with E-state index in [2.05, 4.69) is 6.92 Å². The van der Waals surface area contributed by atoms with Crippen LogP contribution in [0.25, 0.3) is 0 Å². The number of hydrogen-bond donors (Lipinski definition) is 2. The van der Waals surface area contributed by atoms with Gasteiger partial charge >= 0.3 is 0 Å². The van der Waals surface area contributed by atoms with Gasteiger partial charge in [0.2, 0.25) is 0 Å². The second kappa shape index (κ2) is 3.51. The van der Waals surface area contributed by atoms with Crippen LogP contribution >= 0.6 is 0 Å². The monoisotopic (exact) mass is 150 g/mol. The topological polar surface area (TPSA) is 52.0 Å². The van der Waals surface area contributed by atoms with E-state index in [9.17, 15) is 0 Å². The standard InChI is InChI=1S/C9H14N2/c1-7-2-4-8(5-3-7)9(11)6-10/h2-5,9H,6,10-11H2,1H3. The van der Waals surface area contributed by atoms with Crippen molar-refractivity contribution in [2.75, 3.05) is 6.54 Å². The zero-order valence-corrected chi connectivity index (χ0v) is 6.75. The maximum absolute atomic E-state index is 5.72. The van der Waals surface area contributed by atoms with Crippen LogP contribution in [0.15, 0.2) is 24.3 Å². The van der Waals surface area contributed by atoms with E-state index < -0.39 is 0 Å². The van der Waals surface area contributed by atoms with E-state index in [1.54, 1.807) is 0 Å². The molecule has 0 aliphatic carbocycles. The SMILES string of the molecule is Cc1ccc(C(N)CN)cc1. The van der Waals surface area contributed by atoms with Gasteiger partial charge in [-0.2, -0.15) is 0 Å². The molecule has 1 rings (SSSR count). The van der Waals surface area contributed by atoms with Gasteiger partial charge < -0.3 is 11.5 Å². The lowest BCUT2D eigenvalue weighted by Crippen LogP contribution is -2.20. The molecule has 0 saturated carbocycles. The molecule has 2 nitrogen and oxygen atoms in total. The fraction of sp³-hybridized carbons (Fsp3) is 0.333. The third-order valence-electron chi connectivity index (χ3n) is 1.76. The van der Waals surface area contributed by atoms with Crippen molar-refractivity contribution in [2.24, 2.45) is 11.5 Å². The molecule has 1 aromatic rings. The summed E-state index contributed by atoms with van der Waals surface area (Å²) in [7, 11) is 0. The van der Waals surface area contributed by atoms with Crippen molar-refractivity contribution in [1.82, 2.24) is 0 Å². The highest BCUT2D eigenvalue weighted by Gasteiger charge is 2.00. The summed E-state index contributed by atoms with van der Waals surface area (Å²) in [6, 6.07) is 8.12. The van der Waals surface area contributed by atoms with Gasteiger partial charge in [0.25, 0.3) is 0 Å². The molecule has 0 bridgehead atoms. The first-order chi connectivity index (χ1) is 5.24. The van der Waals surface area contributed by atoms with Gasteiger partial charge in [-0.15, -0.1) is 0 Å². The average Bonchev–Trinajstić information content (AvgIpc) is 2.05. The summed E-state index contributed by atoms with van der Waals surface area (Å²) < 4.78 is 0. The fourth-order valence-corrected chi connectivity index (χ4v) is 0.950. The third kappa shape index (κ3) is 2.03. The number of aryl methyl sites for hydroxylation is 1. The molecule has 0 aliphatic heterocycles. The zero-order valence-electron chi connectivity index (χ0n) is 6.75. The lowest BCUT2D eigenvalue weighted by atomic mass is 10.1.